The van der Waals surface area contributed by atoms with Crippen LogP contribution in [0.15, 0.2) is 17.3 Å². The maximum absolute atomic E-state index is 14.2. The normalized spacial score (nSPS) is 14.9. The Morgan fingerprint density at radius 3 is 2.52 bits per heavy atom. The molecule has 124 valence electrons. The van der Waals surface area contributed by atoms with E-state index in [0.717, 1.165) is 16.6 Å². The van der Waals surface area contributed by atoms with Crippen LogP contribution in [0.4, 0.5) is 18.9 Å². The number of rotatable bonds is 2. The van der Waals surface area contributed by atoms with Crippen molar-refractivity contribution in [3.8, 4) is 0 Å². The number of nitrogens with zero attached hydrogens (tertiary/aromatic N) is 3. The molecule has 0 spiro atoms. The quantitative estimate of drug-likeness (QED) is 0.785. The molecule has 5 nitrogen and oxygen atoms in total. The predicted molar refractivity (Wildman–Crippen MR) is 77.1 cm³/mol. The summed E-state index contributed by atoms with van der Waals surface area (Å²) < 4.78 is 68.9. The first-order valence-electron chi connectivity index (χ1n) is 6.92. The highest BCUT2D eigenvalue weighted by Crippen LogP contribution is 2.36. The summed E-state index contributed by atoms with van der Waals surface area (Å²) >= 11 is 0. The molecule has 23 heavy (non-hydrogen) atoms. The standard InChI is InChI=1S/C14H14F3N3O2S/c1-8-18-7-11(19(8)2)23(21,22)20-5-3-4-9-6-10(15)12(16)13(17)14(9)20/h6-7H,3-5H2,1-2H3. The van der Waals surface area contributed by atoms with Gasteiger partial charge in [-0.15, -0.1) is 0 Å². The Morgan fingerprint density at radius 1 is 1.22 bits per heavy atom. The van der Waals surface area contributed by atoms with Gasteiger partial charge in [0.05, 0.1) is 11.9 Å². The van der Waals surface area contributed by atoms with Gasteiger partial charge in [0.25, 0.3) is 10.0 Å². The average Bonchev–Trinajstić information content (AvgIpc) is 2.84. The molecule has 0 aliphatic carbocycles. The molecule has 0 unspecified atom stereocenters. The number of sulfonamides is 1. The molecule has 0 amide bonds. The summed E-state index contributed by atoms with van der Waals surface area (Å²) in [6.07, 6.45) is 1.82. The number of aromatic nitrogens is 2. The predicted octanol–water partition coefficient (Wildman–Crippen LogP) is 2.29. The van der Waals surface area contributed by atoms with E-state index in [9.17, 15) is 21.6 Å². The van der Waals surface area contributed by atoms with E-state index in [1.54, 1.807) is 6.92 Å². The number of hydrogen-bond donors (Lipinski definition) is 0. The summed E-state index contributed by atoms with van der Waals surface area (Å²) in [7, 11) is -2.62. The SMILES string of the molecule is Cc1ncc(S(=O)(=O)N2CCCc3cc(F)c(F)c(F)c32)n1C. The topological polar surface area (TPSA) is 55.2 Å². The van der Waals surface area contributed by atoms with Gasteiger partial charge in [0.15, 0.2) is 22.5 Å². The summed E-state index contributed by atoms with van der Waals surface area (Å²) in [5, 5.41) is -0.132. The van der Waals surface area contributed by atoms with Crippen molar-refractivity contribution in [2.24, 2.45) is 7.05 Å². The Balaban J connectivity index is 2.21. The van der Waals surface area contributed by atoms with Crippen LogP contribution in [0.1, 0.15) is 17.8 Å². The molecule has 0 saturated heterocycles. The van der Waals surface area contributed by atoms with E-state index < -0.39 is 33.2 Å². The maximum atomic E-state index is 14.2. The highest BCUT2D eigenvalue weighted by molar-refractivity contribution is 7.92. The number of anilines is 1. The fourth-order valence-corrected chi connectivity index (χ4v) is 4.39. The van der Waals surface area contributed by atoms with Crippen LogP contribution >= 0.6 is 0 Å². The number of aryl methyl sites for hydroxylation is 2. The Bertz CT molecular complexity index is 893. The minimum Gasteiger partial charge on any atom is -0.321 e. The number of halogens is 3. The molecule has 0 atom stereocenters. The minimum absolute atomic E-state index is 0.0123. The first-order valence-corrected chi connectivity index (χ1v) is 8.36. The number of benzene rings is 1. The second-order valence-electron chi connectivity index (χ2n) is 5.38. The number of imidazole rings is 1. The second-order valence-corrected chi connectivity index (χ2v) is 7.19. The van der Waals surface area contributed by atoms with Gasteiger partial charge in [-0.2, -0.15) is 8.42 Å². The van der Waals surface area contributed by atoms with E-state index in [4.69, 9.17) is 0 Å². The summed E-state index contributed by atoms with van der Waals surface area (Å²) in [6.45, 7) is 1.61. The lowest BCUT2D eigenvalue weighted by molar-refractivity contribution is 0.443. The summed E-state index contributed by atoms with van der Waals surface area (Å²) in [6, 6.07) is 0.851. The summed E-state index contributed by atoms with van der Waals surface area (Å²) in [5.74, 6) is -4.02. The summed E-state index contributed by atoms with van der Waals surface area (Å²) in [5.41, 5.74) is -0.288. The Morgan fingerprint density at radius 2 is 1.91 bits per heavy atom. The lowest BCUT2D eigenvalue weighted by Crippen LogP contribution is -2.37. The van der Waals surface area contributed by atoms with E-state index in [2.05, 4.69) is 4.98 Å². The van der Waals surface area contributed by atoms with E-state index in [0.29, 0.717) is 12.2 Å². The number of hydrogen-bond acceptors (Lipinski definition) is 3. The molecule has 1 aromatic carbocycles. The van der Waals surface area contributed by atoms with Crippen LogP contribution in [0.25, 0.3) is 0 Å². The molecule has 0 fully saturated rings. The van der Waals surface area contributed by atoms with Crippen LogP contribution in [0.3, 0.4) is 0 Å². The Hall–Kier alpha value is -2.03. The van der Waals surface area contributed by atoms with Crippen molar-refractivity contribution < 1.29 is 21.6 Å². The van der Waals surface area contributed by atoms with Gasteiger partial charge in [0.1, 0.15) is 5.82 Å². The zero-order valence-electron chi connectivity index (χ0n) is 12.5. The fraction of sp³-hybridized carbons (Fsp3) is 0.357. The molecule has 2 aromatic rings. The van der Waals surface area contributed by atoms with E-state index >= 15 is 0 Å². The summed E-state index contributed by atoms with van der Waals surface area (Å²) in [4.78, 5) is 3.92. The molecule has 0 N–H and O–H groups in total. The van der Waals surface area contributed by atoms with Crippen LogP contribution in [-0.4, -0.2) is 24.5 Å². The lowest BCUT2D eigenvalue weighted by atomic mass is 10.0. The van der Waals surface area contributed by atoms with Gasteiger partial charge >= 0.3 is 0 Å². The van der Waals surface area contributed by atoms with Crippen molar-refractivity contribution in [2.75, 3.05) is 10.8 Å². The Labute approximate surface area is 131 Å². The minimum atomic E-state index is -4.13. The first kappa shape index (κ1) is 15.9. The van der Waals surface area contributed by atoms with Gasteiger partial charge in [-0.25, -0.2) is 18.2 Å². The van der Waals surface area contributed by atoms with Crippen LogP contribution < -0.4 is 4.31 Å². The molecule has 1 aliphatic rings. The molecule has 3 rings (SSSR count). The smallest absolute Gasteiger partial charge is 0.281 e. The Kier molecular flexibility index (Phi) is 3.62. The molecule has 1 aromatic heterocycles. The first-order chi connectivity index (χ1) is 10.7. The van der Waals surface area contributed by atoms with Crippen LogP contribution in [-0.2, 0) is 23.5 Å². The van der Waals surface area contributed by atoms with Crippen molar-refractivity contribution in [2.45, 2.75) is 24.8 Å². The second kappa shape index (κ2) is 5.26. The van der Waals surface area contributed by atoms with E-state index in [-0.39, 0.29) is 23.6 Å². The lowest BCUT2D eigenvalue weighted by Gasteiger charge is -2.30. The van der Waals surface area contributed by atoms with Crippen LogP contribution in [0.2, 0.25) is 0 Å². The third kappa shape index (κ3) is 2.30. The third-order valence-corrected chi connectivity index (χ3v) is 5.86. The van der Waals surface area contributed by atoms with Crippen molar-refractivity contribution in [3.63, 3.8) is 0 Å². The fourth-order valence-electron chi connectivity index (χ4n) is 2.69. The maximum Gasteiger partial charge on any atom is 0.281 e. The highest BCUT2D eigenvalue weighted by Gasteiger charge is 2.35. The third-order valence-electron chi connectivity index (χ3n) is 4.00. The zero-order valence-corrected chi connectivity index (χ0v) is 13.3. The van der Waals surface area contributed by atoms with Gasteiger partial charge in [-0.3, -0.25) is 4.31 Å². The van der Waals surface area contributed by atoms with E-state index in [1.165, 1.54) is 11.6 Å². The monoisotopic (exact) mass is 345 g/mol. The molecular weight excluding hydrogens is 331 g/mol. The van der Waals surface area contributed by atoms with Crippen molar-refractivity contribution in [1.29, 1.82) is 0 Å². The van der Waals surface area contributed by atoms with Gasteiger partial charge in [0, 0.05) is 13.6 Å². The van der Waals surface area contributed by atoms with Crippen molar-refractivity contribution in [1.82, 2.24) is 9.55 Å². The molecule has 0 radical (unpaired) electrons. The van der Waals surface area contributed by atoms with Gasteiger partial charge in [-0.05, 0) is 31.4 Å². The molecule has 0 bridgehead atoms. The van der Waals surface area contributed by atoms with E-state index in [1.807, 2.05) is 0 Å². The van der Waals surface area contributed by atoms with Crippen molar-refractivity contribution in [3.05, 3.63) is 41.1 Å². The molecule has 1 aliphatic heterocycles. The molecular formula is C14H14F3N3O2S. The van der Waals surface area contributed by atoms with Crippen LogP contribution in [0, 0.1) is 24.4 Å². The van der Waals surface area contributed by atoms with Gasteiger partial charge < -0.3 is 4.57 Å². The average molecular weight is 345 g/mol. The molecule has 2 heterocycles. The largest absolute Gasteiger partial charge is 0.321 e. The van der Waals surface area contributed by atoms with Crippen molar-refractivity contribution >= 4 is 15.7 Å². The molecule has 9 heteroatoms. The number of fused-ring (bicyclic) bond motifs is 1. The van der Waals surface area contributed by atoms with Crippen LogP contribution in [0.5, 0.6) is 0 Å². The molecule has 0 saturated carbocycles. The highest BCUT2D eigenvalue weighted by atomic mass is 32.2. The zero-order chi connectivity index (χ0) is 16.9. The van der Waals surface area contributed by atoms with Gasteiger partial charge in [-0.1, -0.05) is 0 Å². The van der Waals surface area contributed by atoms with Gasteiger partial charge in [0.2, 0.25) is 0 Å².